The molecule has 2 heterocycles. The average molecular weight is 250 g/mol. The molecule has 0 atom stereocenters. The summed E-state index contributed by atoms with van der Waals surface area (Å²) in [6.07, 6.45) is 0.865. The van der Waals surface area contributed by atoms with Crippen LogP contribution in [0.5, 0.6) is 0 Å². The van der Waals surface area contributed by atoms with Gasteiger partial charge in [-0.2, -0.15) is 4.98 Å². The third kappa shape index (κ3) is 2.90. The average Bonchev–Trinajstić information content (AvgIpc) is 2.25. The Labute approximate surface area is 108 Å². The van der Waals surface area contributed by atoms with Crippen LogP contribution in [0.25, 0.3) is 0 Å². The van der Waals surface area contributed by atoms with E-state index in [1.807, 2.05) is 7.05 Å². The molecule has 100 valence electrons. The van der Waals surface area contributed by atoms with Crippen molar-refractivity contribution in [2.45, 2.75) is 33.7 Å². The number of aromatic amines is 1. The van der Waals surface area contributed by atoms with E-state index < -0.39 is 0 Å². The Hall–Kier alpha value is -1.36. The lowest BCUT2D eigenvalue weighted by atomic mass is 9.96. The summed E-state index contributed by atoms with van der Waals surface area (Å²) in [6.45, 7) is 9.11. The molecule has 0 saturated heterocycles. The highest BCUT2D eigenvalue weighted by Crippen LogP contribution is 2.23. The van der Waals surface area contributed by atoms with Gasteiger partial charge in [0.25, 0.3) is 0 Å². The van der Waals surface area contributed by atoms with Crippen LogP contribution in [-0.2, 0) is 13.0 Å². The van der Waals surface area contributed by atoms with Crippen molar-refractivity contribution in [3.05, 3.63) is 21.7 Å². The summed E-state index contributed by atoms with van der Waals surface area (Å²) in [5.74, 6) is 0.816. The van der Waals surface area contributed by atoms with Gasteiger partial charge in [0, 0.05) is 44.4 Å². The van der Waals surface area contributed by atoms with Crippen LogP contribution < -0.4 is 15.9 Å². The van der Waals surface area contributed by atoms with Crippen molar-refractivity contribution in [3.63, 3.8) is 0 Å². The lowest BCUT2D eigenvalue weighted by Gasteiger charge is -2.30. The molecule has 0 spiro atoms. The Morgan fingerprint density at radius 1 is 1.39 bits per heavy atom. The molecule has 0 unspecified atom stereocenters. The van der Waals surface area contributed by atoms with Crippen LogP contribution >= 0.6 is 0 Å². The minimum atomic E-state index is -0.244. The predicted molar refractivity (Wildman–Crippen MR) is 73.0 cm³/mol. The van der Waals surface area contributed by atoms with Crippen molar-refractivity contribution in [2.24, 2.45) is 5.41 Å². The van der Waals surface area contributed by atoms with Gasteiger partial charge in [-0.1, -0.05) is 20.8 Å². The number of H-pyrrole nitrogens is 1. The van der Waals surface area contributed by atoms with E-state index in [9.17, 15) is 4.79 Å². The maximum Gasteiger partial charge on any atom is 0.347 e. The molecule has 1 aromatic rings. The summed E-state index contributed by atoms with van der Waals surface area (Å²) in [7, 11) is 2.00. The van der Waals surface area contributed by atoms with Crippen molar-refractivity contribution in [2.75, 3.05) is 25.0 Å². The number of hydrogen-bond acceptors (Lipinski definition) is 4. The first-order valence-corrected chi connectivity index (χ1v) is 6.41. The fourth-order valence-corrected chi connectivity index (χ4v) is 2.46. The first-order chi connectivity index (χ1) is 8.37. The fourth-order valence-electron chi connectivity index (χ4n) is 2.46. The molecule has 18 heavy (non-hydrogen) atoms. The van der Waals surface area contributed by atoms with Gasteiger partial charge in [-0.15, -0.1) is 0 Å². The first-order valence-electron chi connectivity index (χ1n) is 6.41. The van der Waals surface area contributed by atoms with Crippen LogP contribution in [0.4, 0.5) is 5.82 Å². The largest absolute Gasteiger partial charge is 0.359 e. The van der Waals surface area contributed by atoms with Gasteiger partial charge >= 0.3 is 5.69 Å². The van der Waals surface area contributed by atoms with Crippen molar-refractivity contribution in [1.29, 1.82) is 0 Å². The van der Waals surface area contributed by atoms with Gasteiger partial charge in [0.2, 0.25) is 0 Å². The monoisotopic (exact) mass is 250 g/mol. The number of nitrogens with one attached hydrogen (secondary N) is 2. The van der Waals surface area contributed by atoms with Crippen LogP contribution in [0.3, 0.4) is 0 Å². The highest BCUT2D eigenvalue weighted by Gasteiger charge is 2.21. The topological polar surface area (TPSA) is 61.0 Å². The number of aromatic nitrogens is 2. The molecule has 2 N–H and O–H groups in total. The second kappa shape index (κ2) is 4.72. The summed E-state index contributed by atoms with van der Waals surface area (Å²) in [6, 6.07) is 0. The quantitative estimate of drug-likeness (QED) is 0.818. The van der Waals surface area contributed by atoms with Crippen LogP contribution in [-0.4, -0.2) is 30.1 Å². The zero-order valence-electron chi connectivity index (χ0n) is 11.6. The molecule has 0 bridgehead atoms. The number of anilines is 1. The minimum absolute atomic E-state index is 0.175. The zero-order valence-corrected chi connectivity index (χ0v) is 11.6. The molecule has 0 aromatic carbocycles. The SMILES string of the molecule is CN(CC(C)(C)C)c1nc(=O)[nH]c2c1CNCC2. The number of hydrogen-bond donors (Lipinski definition) is 2. The van der Waals surface area contributed by atoms with Crippen LogP contribution in [0, 0.1) is 5.41 Å². The third-order valence-electron chi connectivity index (χ3n) is 3.03. The third-order valence-corrected chi connectivity index (χ3v) is 3.03. The summed E-state index contributed by atoms with van der Waals surface area (Å²) in [4.78, 5) is 20.7. The van der Waals surface area contributed by atoms with Gasteiger partial charge in [0.15, 0.2) is 0 Å². The number of nitrogens with zero attached hydrogens (tertiary/aromatic N) is 2. The maximum absolute atomic E-state index is 11.6. The van der Waals surface area contributed by atoms with Crippen molar-refractivity contribution in [3.8, 4) is 0 Å². The second-order valence-electron chi connectivity index (χ2n) is 6.17. The predicted octanol–water partition coefficient (Wildman–Crippen LogP) is 0.898. The van der Waals surface area contributed by atoms with Crippen molar-refractivity contribution in [1.82, 2.24) is 15.3 Å². The van der Waals surface area contributed by atoms with Gasteiger partial charge in [0.05, 0.1) is 0 Å². The molecule has 0 fully saturated rings. The minimum Gasteiger partial charge on any atom is -0.359 e. The van der Waals surface area contributed by atoms with Crippen molar-refractivity contribution < 1.29 is 0 Å². The number of fused-ring (bicyclic) bond motifs is 1. The van der Waals surface area contributed by atoms with Gasteiger partial charge < -0.3 is 15.2 Å². The van der Waals surface area contributed by atoms with Crippen LogP contribution in [0.2, 0.25) is 0 Å². The Balaban J connectivity index is 2.37. The molecule has 1 aliphatic rings. The molecule has 1 aliphatic heterocycles. The number of rotatable bonds is 2. The molecule has 0 saturated carbocycles. The van der Waals surface area contributed by atoms with Gasteiger partial charge in [-0.3, -0.25) is 0 Å². The molecule has 0 radical (unpaired) electrons. The smallest absolute Gasteiger partial charge is 0.347 e. The Kier molecular flexibility index (Phi) is 3.43. The van der Waals surface area contributed by atoms with E-state index in [0.717, 1.165) is 43.1 Å². The van der Waals surface area contributed by atoms with E-state index in [2.05, 4.69) is 41.0 Å². The van der Waals surface area contributed by atoms with Gasteiger partial charge in [0.1, 0.15) is 5.82 Å². The second-order valence-corrected chi connectivity index (χ2v) is 6.17. The zero-order chi connectivity index (χ0) is 13.3. The fraction of sp³-hybridized carbons (Fsp3) is 0.692. The molecular formula is C13H22N4O. The summed E-state index contributed by atoms with van der Waals surface area (Å²) >= 11 is 0. The van der Waals surface area contributed by atoms with Gasteiger partial charge in [-0.25, -0.2) is 4.79 Å². The molecule has 0 amide bonds. The van der Waals surface area contributed by atoms with Crippen LogP contribution in [0.1, 0.15) is 32.0 Å². The molecule has 1 aromatic heterocycles. The maximum atomic E-state index is 11.6. The molecule has 5 heteroatoms. The molecule has 5 nitrogen and oxygen atoms in total. The summed E-state index contributed by atoms with van der Waals surface area (Å²) in [5, 5.41) is 3.33. The van der Waals surface area contributed by atoms with E-state index in [4.69, 9.17) is 0 Å². The highest BCUT2D eigenvalue weighted by molar-refractivity contribution is 5.49. The van der Waals surface area contributed by atoms with E-state index in [0.29, 0.717) is 0 Å². The van der Waals surface area contributed by atoms with Crippen molar-refractivity contribution >= 4 is 5.82 Å². The van der Waals surface area contributed by atoms with E-state index in [1.54, 1.807) is 0 Å². The Morgan fingerprint density at radius 3 is 2.78 bits per heavy atom. The van der Waals surface area contributed by atoms with Gasteiger partial charge in [-0.05, 0) is 5.41 Å². The summed E-state index contributed by atoms with van der Waals surface area (Å²) < 4.78 is 0. The Morgan fingerprint density at radius 2 is 2.11 bits per heavy atom. The first kappa shape index (κ1) is 13.1. The lowest BCUT2D eigenvalue weighted by molar-refractivity contribution is 0.416. The molecular weight excluding hydrogens is 228 g/mol. The normalized spacial score (nSPS) is 15.3. The molecule has 2 rings (SSSR count). The lowest BCUT2D eigenvalue weighted by Crippen LogP contribution is -2.36. The van der Waals surface area contributed by atoms with Crippen LogP contribution in [0.15, 0.2) is 4.79 Å². The Bertz CT molecular complexity index is 487. The molecule has 0 aliphatic carbocycles. The summed E-state index contributed by atoms with van der Waals surface area (Å²) in [5.41, 5.74) is 2.09. The van der Waals surface area contributed by atoms with E-state index >= 15 is 0 Å². The standard InChI is InChI=1S/C13H22N4O/c1-13(2,3)8-17(4)11-9-7-14-6-5-10(9)15-12(18)16-11/h14H,5-8H2,1-4H3,(H,15,16,18). The van der Waals surface area contributed by atoms with E-state index in [-0.39, 0.29) is 11.1 Å². The van der Waals surface area contributed by atoms with E-state index in [1.165, 1.54) is 0 Å². The highest BCUT2D eigenvalue weighted by atomic mass is 16.1.